The molecule has 28 heavy (non-hydrogen) atoms. The Morgan fingerprint density at radius 2 is 1.89 bits per heavy atom. The number of thiophene rings is 1. The van der Waals surface area contributed by atoms with Crippen LogP contribution in [0.2, 0.25) is 0 Å². The summed E-state index contributed by atoms with van der Waals surface area (Å²) in [5.41, 5.74) is 5.30. The van der Waals surface area contributed by atoms with Gasteiger partial charge in [0.05, 0.1) is 11.7 Å². The molecule has 0 radical (unpaired) electrons. The van der Waals surface area contributed by atoms with Gasteiger partial charge in [-0.2, -0.15) is 0 Å². The van der Waals surface area contributed by atoms with E-state index >= 15 is 0 Å². The molecule has 3 nitrogen and oxygen atoms in total. The maximum absolute atomic E-state index is 13.3. The minimum absolute atomic E-state index is 0.0332. The van der Waals surface area contributed by atoms with Crippen LogP contribution in [0, 0.1) is 0 Å². The summed E-state index contributed by atoms with van der Waals surface area (Å²) in [6.07, 6.45) is 8.56. The highest BCUT2D eigenvalue weighted by Gasteiger charge is 2.35. The summed E-state index contributed by atoms with van der Waals surface area (Å²) in [7, 11) is 0. The van der Waals surface area contributed by atoms with Crippen molar-refractivity contribution >= 4 is 17.2 Å². The molecule has 2 aliphatic rings. The van der Waals surface area contributed by atoms with Crippen molar-refractivity contribution in [2.24, 2.45) is 0 Å². The molecule has 4 heteroatoms. The number of benzene rings is 1. The standard InChI is InChI=1S/C24H26N2OS/c1-2-9-22(27)26-16-19-18-12-6-7-14-21(18)28-24(19)25-15-8-13-20(25)23(26)17-10-4-3-5-11-17/h3-5,8,10-11,13,15,23H,2,6-7,9,12,14,16H2,1H3/t23-/m1/s1. The van der Waals surface area contributed by atoms with E-state index in [9.17, 15) is 4.79 Å². The molecule has 1 amide bonds. The molecule has 3 heterocycles. The minimum atomic E-state index is -0.0332. The first-order chi connectivity index (χ1) is 13.8. The number of rotatable bonds is 3. The smallest absolute Gasteiger partial charge is 0.223 e. The Kier molecular flexibility index (Phi) is 4.59. The molecule has 0 unspecified atom stereocenters. The Balaban J connectivity index is 1.71. The van der Waals surface area contributed by atoms with Gasteiger partial charge in [-0.3, -0.25) is 4.79 Å². The average molecular weight is 391 g/mol. The van der Waals surface area contributed by atoms with Crippen molar-refractivity contribution in [2.75, 3.05) is 0 Å². The van der Waals surface area contributed by atoms with E-state index < -0.39 is 0 Å². The first kappa shape index (κ1) is 17.7. The Morgan fingerprint density at radius 1 is 1.07 bits per heavy atom. The van der Waals surface area contributed by atoms with Crippen LogP contribution < -0.4 is 0 Å². The van der Waals surface area contributed by atoms with Crippen molar-refractivity contribution in [2.45, 2.75) is 58.0 Å². The van der Waals surface area contributed by atoms with Gasteiger partial charge in [-0.15, -0.1) is 11.3 Å². The maximum Gasteiger partial charge on any atom is 0.223 e. The number of amides is 1. The second kappa shape index (κ2) is 7.25. The zero-order valence-electron chi connectivity index (χ0n) is 16.4. The second-order valence-corrected chi connectivity index (χ2v) is 8.97. The first-order valence-corrected chi connectivity index (χ1v) is 11.2. The molecule has 0 saturated carbocycles. The fourth-order valence-corrected chi connectivity index (χ4v) is 6.18. The van der Waals surface area contributed by atoms with E-state index in [4.69, 9.17) is 0 Å². The molecule has 5 rings (SSSR count). The number of hydrogen-bond donors (Lipinski definition) is 0. The van der Waals surface area contributed by atoms with Crippen LogP contribution in [-0.2, 0) is 24.2 Å². The van der Waals surface area contributed by atoms with Crippen LogP contribution in [0.5, 0.6) is 0 Å². The Bertz CT molecular complexity index is 1000. The zero-order valence-corrected chi connectivity index (χ0v) is 17.2. The summed E-state index contributed by atoms with van der Waals surface area (Å²) >= 11 is 1.95. The number of nitrogens with zero attached hydrogens (tertiary/aromatic N) is 2. The molecule has 3 aromatic rings. The summed E-state index contributed by atoms with van der Waals surface area (Å²) in [6, 6.07) is 14.8. The lowest BCUT2D eigenvalue weighted by Crippen LogP contribution is -2.34. The average Bonchev–Trinajstić information content (AvgIpc) is 3.31. The second-order valence-electron chi connectivity index (χ2n) is 7.88. The van der Waals surface area contributed by atoms with Gasteiger partial charge >= 0.3 is 0 Å². The third-order valence-corrected chi connectivity index (χ3v) is 7.41. The normalized spacial score (nSPS) is 18.2. The lowest BCUT2D eigenvalue weighted by Gasteiger charge is -2.31. The predicted molar refractivity (Wildman–Crippen MR) is 114 cm³/mol. The number of carbonyl (C=O) groups is 1. The van der Waals surface area contributed by atoms with E-state index in [-0.39, 0.29) is 11.9 Å². The van der Waals surface area contributed by atoms with Crippen LogP contribution in [0.4, 0.5) is 0 Å². The number of hydrogen-bond acceptors (Lipinski definition) is 2. The predicted octanol–water partition coefficient (Wildman–Crippen LogP) is 5.65. The van der Waals surface area contributed by atoms with Crippen molar-refractivity contribution in [3.8, 4) is 5.00 Å². The largest absolute Gasteiger partial charge is 0.326 e. The highest BCUT2D eigenvalue weighted by atomic mass is 32.1. The van der Waals surface area contributed by atoms with E-state index in [0.29, 0.717) is 6.42 Å². The van der Waals surface area contributed by atoms with Gasteiger partial charge in [-0.05, 0) is 55.4 Å². The van der Waals surface area contributed by atoms with E-state index in [1.807, 2.05) is 17.4 Å². The monoisotopic (exact) mass is 390 g/mol. The Hall–Kier alpha value is -2.33. The molecular formula is C24H26N2OS. The lowest BCUT2D eigenvalue weighted by molar-refractivity contribution is -0.133. The van der Waals surface area contributed by atoms with Crippen LogP contribution in [0.15, 0.2) is 48.7 Å². The third-order valence-electron chi connectivity index (χ3n) is 6.08. The van der Waals surface area contributed by atoms with E-state index in [1.165, 1.54) is 51.5 Å². The molecule has 0 saturated heterocycles. The Labute approximate surface area is 170 Å². The van der Waals surface area contributed by atoms with E-state index in [0.717, 1.165) is 19.4 Å². The minimum Gasteiger partial charge on any atom is -0.326 e. The van der Waals surface area contributed by atoms with Gasteiger partial charge < -0.3 is 9.47 Å². The molecule has 0 fully saturated rings. The molecule has 2 aromatic heterocycles. The zero-order chi connectivity index (χ0) is 19.1. The molecule has 0 bridgehead atoms. The van der Waals surface area contributed by atoms with Crippen LogP contribution in [0.1, 0.15) is 65.9 Å². The Morgan fingerprint density at radius 3 is 2.71 bits per heavy atom. The SMILES string of the molecule is CCCC(=O)N1Cc2c(sc3c2CCCC3)-n2cccc2[C@H]1c1ccccc1. The number of aryl methyl sites for hydroxylation is 1. The van der Waals surface area contributed by atoms with Crippen molar-refractivity contribution < 1.29 is 4.79 Å². The lowest BCUT2D eigenvalue weighted by atomic mass is 9.95. The van der Waals surface area contributed by atoms with Crippen LogP contribution in [-0.4, -0.2) is 15.4 Å². The molecule has 1 atom stereocenters. The highest BCUT2D eigenvalue weighted by Crippen LogP contribution is 2.44. The molecule has 1 aromatic carbocycles. The summed E-state index contributed by atoms with van der Waals surface area (Å²) in [6.45, 7) is 2.81. The first-order valence-electron chi connectivity index (χ1n) is 10.4. The fourth-order valence-electron chi connectivity index (χ4n) is 4.77. The molecule has 0 N–H and O–H groups in total. The van der Waals surface area contributed by atoms with E-state index in [2.05, 4.69) is 59.0 Å². The highest BCUT2D eigenvalue weighted by molar-refractivity contribution is 7.15. The van der Waals surface area contributed by atoms with Gasteiger partial charge in [0.15, 0.2) is 0 Å². The summed E-state index contributed by atoms with van der Waals surface area (Å²) in [5.74, 6) is 0.257. The van der Waals surface area contributed by atoms with Gasteiger partial charge in [-0.25, -0.2) is 0 Å². The van der Waals surface area contributed by atoms with Crippen LogP contribution in [0.25, 0.3) is 5.00 Å². The van der Waals surface area contributed by atoms with Crippen molar-refractivity contribution in [3.05, 3.63) is 75.9 Å². The van der Waals surface area contributed by atoms with Gasteiger partial charge in [-0.1, -0.05) is 37.3 Å². The van der Waals surface area contributed by atoms with Crippen molar-refractivity contribution in [1.82, 2.24) is 9.47 Å². The molecule has 144 valence electrons. The fraction of sp³-hybridized carbons (Fsp3) is 0.375. The summed E-state index contributed by atoms with van der Waals surface area (Å²) in [4.78, 5) is 17.0. The summed E-state index contributed by atoms with van der Waals surface area (Å²) < 4.78 is 2.36. The molecule has 0 spiro atoms. The third kappa shape index (κ3) is 2.82. The maximum atomic E-state index is 13.3. The van der Waals surface area contributed by atoms with Crippen LogP contribution in [0.3, 0.4) is 0 Å². The summed E-state index contributed by atoms with van der Waals surface area (Å²) in [5, 5.41) is 1.33. The van der Waals surface area contributed by atoms with Crippen molar-refractivity contribution in [1.29, 1.82) is 0 Å². The topological polar surface area (TPSA) is 25.2 Å². The molecule has 1 aliphatic carbocycles. The van der Waals surface area contributed by atoms with E-state index in [1.54, 1.807) is 0 Å². The van der Waals surface area contributed by atoms with Gasteiger partial charge in [0.25, 0.3) is 0 Å². The van der Waals surface area contributed by atoms with Gasteiger partial charge in [0.1, 0.15) is 5.00 Å². The van der Waals surface area contributed by atoms with Crippen LogP contribution >= 0.6 is 11.3 Å². The van der Waals surface area contributed by atoms with Gasteiger partial charge in [0.2, 0.25) is 5.91 Å². The number of fused-ring (bicyclic) bond motifs is 5. The number of carbonyl (C=O) groups excluding carboxylic acids is 1. The number of aromatic nitrogens is 1. The molecular weight excluding hydrogens is 364 g/mol. The quantitative estimate of drug-likeness (QED) is 0.567. The van der Waals surface area contributed by atoms with Crippen molar-refractivity contribution in [3.63, 3.8) is 0 Å². The molecule has 1 aliphatic heterocycles. The van der Waals surface area contributed by atoms with Gasteiger partial charge in [0, 0.05) is 29.6 Å².